The van der Waals surface area contributed by atoms with Crippen LogP contribution in [0.4, 0.5) is 0 Å². The number of nitrogens with zero attached hydrogens (tertiary/aromatic N) is 3. The topological polar surface area (TPSA) is 82.6 Å². The van der Waals surface area contributed by atoms with Gasteiger partial charge >= 0.3 is 0 Å². The van der Waals surface area contributed by atoms with Crippen LogP contribution in [0.15, 0.2) is 0 Å². The lowest BCUT2D eigenvalue weighted by molar-refractivity contribution is -0.129. The summed E-state index contributed by atoms with van der Waals surface area (Å²) in [6.07, 6.45) is 4.25. The molecule has 1 aliphatic carbocycles. The molecule has 0 radical (unpaired) electrons. The Hall–Kier alpha value is -1.96. The molecule has 2 aliphatic heterocycles. The quantitative estimate of drug-likeness (QED) is 0.810. The van der Waals surface area contributed by atoms with Crippen molar-refractivity contribution in [3.05, 3.63) is 15.6 Å². The van der Waals surface area contributed by atoms with Crippen LogP contribution in [0.2, 0.25) is 0 Å². The van der Waals surface area contributed by atoms with E-state index in [4.69, 9.17) is 0 Å². The summed E-state index contributed by atoms with van der Waals surface area (Å²) in [6.45, 7) is 6.48. The van der Waals surface area contributed by atoms with E-state index in [1.807, 2.05) is 23.6 Å². The molecule has 2 saturated heterocycles. The fourth-order valence-electron chi connectivity index (χ4n) is 4.17. The molecule has 3 fully saturated rings. The van der Waals surface area contributed by atoms with Crippen LogP contribution in [0.5, 0.6) is 0 Å². The van der Waals surface area contributed by atoms with Crippen LogP contribution in [0.3, 0.4) is 0 Å². The maximum absolute atomic E-state index is 12.7. The Morgan fingerprint density at radius 1 is 1.18 bits per heavy atom. The summed E-state index contributed by atoms with van der Waals surface area (Å²) in [5.74, 6) is 0.393. The van der Waals surface area contributed by atoms with Crippen molar-refractivity contribution in [2.45, 2.75) is 52.0 Å². The average molecular weight is 405 g/mol. The molecular weight excluding hydrogens is 376 g/mol. The molecule has 152 valence electrons. The van der Waals surface area contributed by atoms with Gasteiger partial charge in [-0.05, 0) is 45.4 Å². The lowest BCUT2D eigenvalue weighted by Gasteiger charge is -2.33. The van der Waals surface area contributed by atoms with Gasteiger partial charge in [0.05, 0.1) is 16.6 Å². The maximum atomic E-state index is 12.7. The first kappa shape index (κ1) is 19.4. The van der Waals surface area contributed by atoms with Crippen molar-refractivity contribution in [1.82, 2.24) is 20.1 Å². The molecule has 1 aromatic heterocycles. The van der Waals surface area contributed by atoms with Crippen molar-refractivity contribution in [2.75, 3.05) is 26.2 Å². The van der Waals surface area contributed by atoms with E-state index in [0.29, 0.717) is 44.6 Å². The zero-order chi connectivity index (χ0) is 19.8. The molecule has 1 aromatic rings. The first-order chi connectivity index (χ1) is 13.4. The Morgan fingerprint density at radius 3 is 2.50 bits per heavy atom. The summed E-state index contributed by atoms with van der Waals surface area (Å²) in [7, 11) is 0. The zero-order valence-electron chi connectivity index (χ0n) is 16.6. The first-order valence-electron chi connectivity index (χ1n) is 10.2. The average Bonchev–Trinajstić information content (AvgIpc) is 3.31. The normalized spacial score (nSPS) is 23.4. The Kier molecular flexibility index (Phi) is 5.40. The number of carbonyl (C=O) groups excluding carboxylic acids is 3. The number of aromatic nitrogens is 1. The van der Waals surface area contributed by atoms with Crippen molar-refractivity contribution in [3.63, 3.8) is 0 Å². The van der Waals surface area contributed by atoms with Gasteiger partial charge in [-0.15, -0.1) is 11.3 Å². The molecule has 3 heterocycles. The summed E-state index contributed by atoms with van der Waals surface area (Å²) >= 11 is 1.46. The van der Waals surface area contributed by atoms with Crippen molar-refractivity contribution in [2.24, 2.45) is 11.8 Å². The van der Waals surface area contributed by atoms with Gasteiger partial charge in [0.15, 0.2) is 0 Å². The number of carbonyl (C=O) groups is 3. The second-order valence-corrected chi connectivity index (χ2v) is 9.57. The fourth-order valence-corrected chi connectivity index (χ4v) is 5.06. The number of aryl methyl sites for hydroxylation is 2. The van der Waals surface area contributed by atoms with Crippen LogP contribution >= 0.6 is 11.3 Å². The summed E-state index contributed by atoms with van der Waals surface area (Å²) in [6, 6.07) is 0.337. The summed E-state index contributed by atoms with van der Waals surface area (Å²) in [5.41, 5.74) is 0.813. The number of likely N-dealkylation sites (tertiary alicyclic amines) is 2. The molecule has 28 heavy (non-hydrogen) atoms. The summed E-state index contributed by atoms with van der Waals surface area (Å²) in [5, 5.41) is 3.93. The van der Waals surface area contributed by atoms with E-state index in [1.54, 1.807) is 0 Å². The van der Waals surface area contributed by atoms with Crippen molar-refractivity contribution in [3.8, 4) is 0 Å². The number of piperidine rings is 1. The summed E-state index contributed by atoms with van der Waals surface area (Å²) in [4.78, 5) is 46.2. The number of nitrogens with one attached hydrogen (secondary N) is 1. The van der Waals surface area contributed by atoms with Gasteiger partial charge in [0.1, 0.15) is 4.88 Å². The monoisotopic (exact) mass is 404 g/mol. The Balaban J connectivity index is 1.26. The van der Waals surface area contributed by atoms with Gasteiger partial charge in [0.25, 0.3) is 5.91 Å². The second-order valence-electron chi connectivity index (χ2n) is 8.37. The molecule has 1 atom stereocenters. The molecular formula is C20H28N4O3S. The van der Waals surface area contributed by atoms with E-state index in [0.717, 1.165) is 41.3 Å². The molecule has 3 amide bonds. The number of amides is 3. The third-order valence-electron chi connectivity index (χ3n) is 5.99. The van der Waals surface area contributed by atoms with Crippen molar-refractivity contribution < 1.29 is 14.4 Å². The minimum atomic E-state index is -0.202. The van der Waals surface area contributed by atoms with Crippen molar-refractivity contribution >= 4 is 29.1 Å². The van der Waals surface area contributed by atoms with Gasteiger partial charge < -0.3 is 15.1 Å². The molecule has 1 N–H and O–H groups in total. The molecule has 0 spiro atoms. The minimum absolute atomic E-state index is 0.0361. The third-order valence-corrected chi connectivity index (χ3v) is 7.05. The van der Waals surface area contributed by atoms with Gasteiger partial charge in [0, 0.05) is 38.6 Å². The maximum Gasteiger partial charge on any atom is 0.265 e. The van der Waals surface area contributed by atoms with Gasteiger partial charge in [-0.25, -0.2) is 4.98 Å². The van der Waals surface area contributed by atoms with Crippen LogP contribution in [0, 0.1) is 25.7 Å². The zero-order valence-corrected chi connectivity index (χ0v) is 17.4. The number of hydrogen-bond acceptors (Lipinski definition) is 5. The second kappa shape index (κ2) is 7.81. The molecule has 1 unspecified atom stereocenters. The lowest BCUT2D eigenvalue weighted by atomic mass is 9.96. The standard InChI is InChI=1S/C20H28N4O3S/c1-12-18(28-13(2)21-12)20(27)23-7-5-14(6-8-23)10-24-11-15(9-17(24)25)19(26)22-16-3-4-16/h14-16H,3-11H2,1-2H3,(H,22,26). The lowest BCUT2D eigenvalue weighted by Crippen LogP contribution is -2.42. The molecule has 0 aromatic carbocycles. The smallest absolute Gasteiger partial charge is 0.265 e. The predicted molar refractivity (Wildman–Crippen MR) is 106 cm³/mol. The largest absolute Gasteiger partial charge is 0.353 e. The van der Waals surface area contributed by atoms with E-state index in [-0.39, 0.29) is 23.6 Å². The highest BCUT2D eigenvalue weighted by Gasteiger charge is 2.37. The SMILES string of the molecule is Cc1nc(C)c(C(=O)N2CCC(CN3CC(C(=O)NC4CC4)CC3=O)CC2)s1. The fraction of sp³-hybridized carbons (Fsp3) is 0.700. The minimum Gasteiger partial charge on any atom is -0.353 e. The van der Waals surface area contributed by atoms with E-state index in [9.17, 15) is 14.4 Å². The van der Waals surface area contributed by atoms with Gasteiger partial charge in [-0.3, -0.25) is 14.4 Å². The Morgan fingerprint density at radius 2 is 1.89 bits per heavy atom. The number of hydrogen-bond donors (Lipinski definition) is 1. The molecule has 1 saturated carbocycles. The molecule has 7 nitrogen and oxygen atoms in total. The van der Waals surface area contributed by atoms with Crippen LogP contribution in [0.25, 0.3) is 0 Å². The molecule has 8 heteroatoms. The Bertz CT molecular complexity index is 780. The van der Waals surface area contributed by atoms with Gasteiger partial charge in [0.2, 0.25) is 11.8 Å². The molecule has 4 rings (SSSR count). The molecule has 0 bridgehead atoms. The Labute approximate surface area is 169 Å². The predicted octanol–water partition coefficient (Wildman–Crippen LogP) is 1.74. The van der Waals surface area contributed by atoms with E-state index in [1.165, 1.54) is 11.3 Å². The van der Waals surface area contributed by atoms with Gasteiger partial charge in [-0.2, -0.15) is 0 Å². The van der Waals surface area contributed by atoms with E-state index in [2.05, 4.69) is 10.3 Å². The van der Waals surface area contributed by atoms with Gasteiger partial charge in [-0.1, -0.05) is 0 Å². The van der Waals surface area contributed by atoms with Crippen LogP contribution in [0.1, 0.15) is 52.5 Å². The highest BCUT2D eigenvalue weighted by Crippen LogP contribution is 2.27. The van der Waals surface area contributed by atoms with Crippen LogP contribution in [-0.2, 0) is 9.59 Å². The van der Waals surface area contributed by atoms with Crippen LogP contribution in [-0.4, -0.2) is 64.7 Å². The van der Waals surface area contributed by atoms with E-state index < -0.39 is 0 Å². The summed E-state index contributed by atoms with van der Waals surface area (Å²) < 4.78 is 0. The molecule has 3 aliphatic rings. The number of rotatable bonds is 5. The first-order valence-corrected chi connectivity index (χ1v) is 11.0. The number of thiazole rings is 1. The van der Waals surface area contributed by atoms with E-state index >= 15 is 0 Å². The highest BCUT2D eigenvalue weighted by molar-refractivity contribution is 7.13. The highest BCUT2D eigenvalue weighted by atomic mass is 32.1. The third kappa shape index (κ3) is 4.21. The van der Waals surface area contributed by atoms with Crippen molar-refractivity contribution in [1.29, 1.82) is 0 Å². The van der Waals surface area contributed by atoms with Crippen LogP contribution < -0.4 is 5.32 Å².